The maximum absolute atomic E-state index is 5.73. The predicted molar refractivity (Wildman–Crippen MR) is 61.6 cm³/mol. The summed E-state index contributed by atoms with van der Waals surface area (Å²) in [6.45, 7) is 1.94. The number of halogens is 1. The second-order valence-electron chi connectivity index (χ2n) is 2.85. The van der Waals surface area contributed by atoms with E-state index in [1.54, 1.807) is 6.20 Å². The number of aromatic amines is 1. The monoisotopic (exact) mass is 285 g/mol. The second-order valence-corrected chi connectivity index (χ2v) is 4.62. The van der Waals surface area contributed by atoms with Crippen molar-refractivity contribution in [3.8, 4) is 0 Å². The molecule has 78 valence electrons. The summed E-state index contributed by atoms with van der Waals surface area (Å²) in [5.74, 6) is 0. The van der Waals surface area contributed by atoms with Crippen LogP contribution >= 0.6 is 27.7 Å². The average Bonchev–Trinajstić information content (AvgIpc) is 2.72. The highest BCUT2D eigenvalue weighted by Gasteiger charge is 2.10. The topological polar surface area (TPSA) is 80.5 Å². The molecule has 0 atom stereocenters. The zero-order chi connectivity index (χ0) is 10.8. The van der Waals surface area contributed by atoms with Gasteiger partial charge in [-0.25, -0.2) is 9.97 Å². The first-order valence-electron chi connectivity index (χ1n) is 4.12. The quantitative estimate of drug-likeness (QED) is 0.882. The number of hydrogen-bond donors (Lipinski definition) is 2. The fraction of sp³-hybridized carbons (Fsp3) is 0.125. The van der Waals surface area contributed by atoms with Crippen LogP contribution in [-0.2, 0) is 0 Å². The third kappa shape index (κ3) is 2.13. The molecular weight excluding hydrogens is 278 g/mol. The van der Waals surface area contributed by atoms with Gasteiger partial charge in [-0.15, -0.1) is 0 Å². The summed E-state index contributed by atoms with van der Waals surface area (Å²) in [5.41, 5.74) is 7.37. The summed E-state index contributed by atoms with van der Waals surface area (Å²) < 4.78 is 0.893. The minimum atomic E-state index is 0.670. The van der Waals surface area contributed by atoms with Crippen molar-refractivity contribution < 1.29 is 0 Å². The van der Waals surface area contributed by atoms with Crippen LogP contribution in [0.15, 0.2) is 27.2 Å². The molecule has 2 rings (SSSR count). The molecule has 0 aromatic carbocycles. The Balaban J connectivity index is 2.34. The van der Waals surface area contributed by atoms with E-state index in [1.165, 1.54) is 18.1 Å². The van der Waals surface area contributed by atoms with E-state index >= 15 is 0 Å². The summed E-state index contributed by atoms with van der Waals surface area (Å²) >= 11 is 4.85. The number of nitrogens with zero attached hydrogens (tertiary/aromatic N) is 3. The molecule has 0 unspecified atom stereocenters. The van der Waals surface area contributed by atoms with Crippen LogP contribution in [0, 0.1) is 6.92 Å². The van der Waals surface area contributed by atoms with Crippen molar-refractivity contribution in [2.75, 3.05) is 5.73 Å². The van der Waals surface area contributed by atoms with E-state index < -0.39 is 0 Å². The van der Waals surface area contributed by atoms with Crippen molar-refractivity contribution in [3.05, 3.63) is 22.6 Å². The van der Waals surface area contributed by atoms with Crippen molar-refractivity contribution in [1.82, 2.24) is 20.2 Å². The number of H-pyrrole nitrogens is 1. The number of nitrogens with one attached hydrogen (secondary N) is 1. The lowest BCUT2D eigenvalue weighted by Gasteiger charge is -2.06. The SMILES string of the molecule is Cc1c(N)cnc(Sc2ncn[nH]2)c1Br. The van der Waals surface area contributed by atoms with Gasteiger partial charge in [-0.3, -0.25) is 5.10 Å². The molecule has 0 fully saturated rings. The van der Waals surface area contributed by atoms with Gasteiger partial charge >= 0.3 is 0 Å². The summed E-state index contributed by atoms with van der Waals surface area (Å²) in [6, 6.07) is 0. The smallest absolute Gasteiger partial charge is 0.189 e. The van der Waals surface area contributed by atoms with Gasteiger partial charge in [0, 0.05) is 0 Å². The summed E-state index contributed by atoms with van der Waals surface area (Å²) in [4.78, 5) is 8.23. The van der Waals surface area contributed by atoms with E-state index in [0.29, 0.717) is 10.8 Å². The highest BCUT2D eigenvalue weighted by atomic mass is 79.9. The Morgan fingerprint density at radius 3 is 2.93 bits per heavy atom. The van der Waals surface area contributed by atoms with Crippen molar-refractivity contribution in [3.63, 3.8) is 0 Å². The first kappa shape index (κ1) is 10.4. The molecule has 2 aromatic heterocycles. The molecule has 0 amide bonds. The largest absolute Gasteiger partial charge is 0.397 e. The first-order chi connectivity index (χ1) is 7.18. The number of anilines is 1. The van der Waals surface area contributed by atoms with Gasteiger partial charge in [0.2, 0.25) is 0 Å². The lowest BCUT2D eigenvalue weighted by Crippen LogP contribution is -1.94. The first-order valence-corrected chi connectivity index (χ1v) is 5.73. The summed E-state index contributed by atoms with van der Waals surface area (Å²) in [6.07, 6.45) is 3.10. The molecule has 5 nitrogen and oxygen atoms in total. The van der Waals surface area contributed by atoms with Crippen LogP contribution in [0.5, 0.6) is 0 Å². The van der Waals surface area contributed by atoms with Crippen LogP contribution in [0.3, 0.4) is 0 Å². The molecule has 0 aliphatic rings. The zero-order valence-corrected chi connectivity index (χ0v) is 10.3. The van der Waals surface area contributed by atoms with E-state index in [0.717, 1.165) is 15.1 Å². The van der Waals surface area contributed by atoms with Gasteiger partial charge < -0.3 is 5.73 Å². The van der Waals surface area contributed by atoms with Crippen molar-refractivity contribution in [2.45, 2.75) is 17.1 Å². The zero-order valence-electron chi connectivity index (χ0n) is 7.86. The molecule has 3 N–H and O–H groups in total. The molecular formula is C8H8BrN5S. The number of nitrogens with two attached hydrogens (primary N) is 1. The predicted octanol–water partition coefficient (Wildman–Crippen LogP) is 2.00. The van der Waals surface area contributed by atoms with E-state index in [-0.39, 0.29) is 0 Å². The maximum atomic E-state index is 5.73. The van der Waals surface area contributed by atoms with E-state index in [1.807, 2.05) is 6.92 Å². The standard InChI is InChI=1S/C8H8BrN5S/c1-4-5(10)2-11-7(6(4)9)15-8-12-3-13-14-8/h2-3H,10H2,1H3,(H,12,13,14). The highest BCUT2D eigenvalue weighted by Crippen LogP contribution is 2.33. The van der Waals surface area contributed by atoms with E-state index in [4.69, 9.17) is 5.73 Å². The van der Waals surface area contributed by atoms with Crippen LogP contribution in [0.25, 0.3) is 0 Å². The van der Waals surface area contributed by atoms with E-state index in [2.05, 4.69) is 36.1 Å². The summed E-state index contributed by atoms with van der Waals surface area (Å²) in [5, 5.41) is 8.04. The number of rotatable bonds is 2. The summed E-state index contributed by atoms with van der Waals surface area (Å²) in [7, 11) is 0. The third-order valence-electron chi connectivity index (χ3n) is 1.86. The van der Waals surface area contributed by atoms with Crippen molar-refractivity contribution >= 4 is 33.4 Å². The van der Waals surface area contributed by atoms with Gasteiger partial charge in [-0.1, -0.05) is 0 Å². The van der Waals surface area contributed by atoms with Crippen molar-refractivity contribution in [1.29, 1.82) is 0 Å². The maximum Gasteiger partial charge on any atom is 0.189 e. The normalized spacial score (nSPS) is 10.5. The highest BCUT2D eigenvalue weighted by molar-refractivity contribution is 9.10. The Hall–Kier alpha value is -1.08. The van der Waals surface area contributed by atoms with Crippen LogP contribution < -0.4 is 5.73 Å². The lowest BCUT2D eigenvalue weighted by molar-refractivity contribution is 0.964. The fourth-order valence-electron chi connectivity index (χ4n) is 0.975. The number of aromatic nitrogens is 4. The average molecular weight is 286 g/mol. The van der Waals surface area contributed by atoms with Gasteiger partial charge in [0.1, 0.15) is 11.4 Å². The number of hydrogen-bond acceptors (Lipinski definition) is 5. The van der Waals surface area contributed by atoms with Crippen LogP contribution in [0.2, 0.25) is 0 Å². The van der Waals surface area contributed by atoms with Gasteiger partial charge in [0.25, 0.3) is 0 Å². The fourth-order valence-corrected chi connectivity index (χ4v) is 2.28. The van der Waals surface area contributed by atoms with E-state index in [9.17, 15) is 0 Å². The van der Waals surface area contributed by atoms with Crippen molar-refractivity contribution in [2.24, 2.45) is 0 Å². The molecule has 2 aromatic rings. The minimum absolute atomic E-state index is 0.670. The molecule has 7 heteroatoms. The van der Waals surface area contributed by atoms with Crippen LogP contribution in [0.1, 0.15) is 5.56 Å². The molecule has 15 heavy (non-hydrogen) atoms. The number of pyridine rings is 1. The molecule has 0 saturated carbocycles. The molecule has 0 spiro atoms. The van der Waals surface area contributed by atoms with Crippen LogP contribution in [0.4, 0.5) is 5.69 Å². The Kier molecular flexibility index (Phi) is 2.92. The number of nitrogen functional groups attached to an aromatic ring is 1. The molecule has 0 aliphatic heterocycles. The molecule has 0 bridgehead atoms. The van der Waals surface area contributed by atoms with Gasteiger partial charge in [-0.05, 0) is 40.2 Å². The second kappa shape index (κ2) is 4.19. The van der Waals surface area contributed by atoms with Gasteiger partial charge in [0.05, 0.1) is 16.4 Å². The Morgan fingerprint density at radius 2 is 2.27 bits per heavy atom. The minimum Gasteiger partial charge on any atom is -0.397 e. The van der Waals surface area contributed by atoms with Crippen LogP contribution in [-0.4, -0.2) is 20.2 Å². The Morgan fingerprint density at radius 1 is 1.47 bits per heavy atom. The molecule has 0 saturated heterocycles. The third-order valence-corrected chi connectivity index (χ3v) is 3.98. The molecule has 0 aliphatic carbocycles. The lowest BCUT2D eigenvalue weighted by atomic mass is 10.3. The molecule has 2 heterocycles. The Bertz CT molecular complexity index is 470. The molecule has 0 radical (unpaired) electrons. The Labute approximate surface area is 99.0 Å². The van der Waals surface area contributed by atoms with Gasteiger partial charge in [-0.2, -0.15) is 5.10 Å². The van der Waals surface area contributed by atoms with Gasteiger partial charge in [0.15, 0.2) is 5.16 Å².